The normalized spacial score (nSPS) is 24.6. The fourth-order valence-corrected chi connectivity index (χ4v) is 4.31. The number of rotatable bonds is 2. The van der Waals surface area contributed by atoms with Crippen molar-refractivity contribution in [2.45, 2.75) is 38.0 Å². The van der Waals surface area contributed by atoms with Crippen molar-refractivity contribution >= 4 is 17.6 Å². The highest BCUT2D eigenvalue weighted by atomic mass is 16.5. The number of para-hydroxylation sites is 1. The van der Waals surface area contributed by atoms with Crippen molar-refractivity contribution in [1.82, 2.24) is 5.32 Å². The smallest absolute Gasteiger partial charge is 0.339 e. The zero-order chi connectivity index (χ0) is 17.6. The quantitative estimate of drug-likeness (QED) is 0.717. The maximum Gasteiger partial charge on any atom is 0.339 e. The van der Waals surface area contributed by atoms with Gasteiger partial charge in [0.1, 0.15) is 16.8 Å². The second-order valence-corrected chi connectivity index (χ2v) is 6.55. The Labute approximate surface area is 146 Å². The number of benzene rings is 1. The van der Waals surface area contributed by atoms with Gasteiger partial charge in [0, 0.05) is 16.9 Å². The number of hydrogen-bond donors (Lipinski definition) is 3. The summed E-state index contributed by atoms with van der Waals surface area (Å²) < 4.78 is 5.26. The third kappa shape index (κ3) is 2.03. The molecule has 1 aliphatic carbocycles. The number of ether oxygens (including phenoxy) is 1. The maximum absolute atomic E-state index is 13.3. The predicted octanol–water partition coefficient (Wildman–Crippen LogP) is 2.04. The molecule has 0 unspecified atom stereocenters. The summed E-state index contributed by atoms with van der Waals surface area (Å²) in [6, 6.07) is 7.49. The second-order valence-electron chi connectivity index (χ2n) is 6.55. The Morgan fingerprint density at radius 3 is 2.80 bits per heavy atom. The van der Waals surface area contributed by atoms with Crippen LogP contribution >= 0.6 is 0 Å². The van der Waals surface area contributed by atoms with E-state index >= 15 is 0 Å². The molecule has 2 aliphatic heterocycles. The van der Waals surface area contributed by atoms with Gasteiger partial charge in [0.2, 0.25) is 5.91 Å². The Balaban J connectivity index is 2.02. The molecule has 130 valence electrons. The summed E-state index contributed by atoms with van der Waals surface area (Å²) in [4.78, 5) is 26.1. The van der Waals surface area contributed by atoms with Gasteiger partial charge >= 0.3 is 5.97 Å². The van der Waals surface area contributed by atoms with E-state index in [1.54, 1.807) is 6.92 Å². The predicted molar refractivity (Wildman–Crippen MR) is 93.2 cm³/mol. The lowest BCUT2D eigenvalue weighted by Crippen LogP contribution is -2.49. The topological polar surface area (TPSA) is 93.4 Å². The van der Waals surface area contributed by atoms with Crippen LogP contribution in [0.4, 0.5) is 5.69 Å². The van der Waals surface area contributed by atoms with Crippen LogP contribution in [0.5, 0.6) is 0 Å². The first-order chi connectivity index (χ1) is 12.1. The van der Waals surface area contributed by atoms with Gasteiger partial charge in [0.25, 0.3) is 0 Å². The van der Waals surface area contributed by atoms with Crippen molar-refractivity contribution in [3.8, 4) is 0 Å². The van der Waals surface area contributed by atoms with Crippen molar-refractivity contribution in [1.29, 1.82) is 0 Å². The van der Waals surface area contributed by atoms with E-state index in [0.717, 1.165) is 48.2 Å². The van der Waals surface area contributed by atoms with E-state index in [1.165, 1.54) is 0 Å². The number of esters is 1. The van der Waals surface area contributed by atoms with Crippen LogP contribution in [-0.2, 0) is 19.7 Å². The van der Waals surface area contributed by atoms with Crippen LogP contribution in [-0.4, -0.2) is 18.5 Å². The molecule has 0 aromatic heterocycles. The molecule has 1 amide bonds. The molecule has 1 atom stereocenters. The molecule has 25 heavy (non-hydrogen) atoms. The summed E-state index contributed by atoms with van der Waals surface area (Å²) in [5.74, 6) is -0.557. The van der Waals surface area contributed by atoms with E-state index in [1.807, 2.05) is 24.3 Å². The van der Waals surface area contributed by atoms with Gasteiger partial charge in [0.15, 0.2) is 0 Å². The summed E-state index contributed by atoms with van der Waals surface area (Å²) in [5.41, 5.74) is 8.67. The molecule has 1 spiro atoms. The fraction of sp³-hybridized carbons (Fsp3) is 0.368. The highest BCUT2D eigenvalue weighted by Crippen LogP contribution is 2.53. The number of carbonyl (C=O) groups is 2. The Morgan fingerprint density at radius 2 is 2.00 bits per heavy atom. The highest BCUT2D eigenvalue weighted by molar-refractivity contribution is 6.17. The number of dihydropyridines is 1. The monoisotopic (exact) mass is 339 g/mol. The SMILES string of the molecule is CCOC(=O)C1=C(N)NC2=C(CCCC2)[C@@]12C(=O)Nc1ccccc12. The minimum atomic E-state index is -1.19. The first-order valence-corrected chi connectivity index (χ1v) is 8.68. The molecular weight excluding hydrogens is 318 g/mol. The molecule has 2 heterocycles. The summed E-state index contributed by atoms with van der Waals surface area (Å²) in [5, 5.41) is 6.11. The molecule has 0 saturated heterocycles. The van der Waals surface area contributed by atoms with E-state index in [9.17, 15) is 9.59 Å². The molecule has 3 aliphatic rings. The van der Waals surface area contributed by atoms with Gasteiger partial charge in [-0.15, -0.1) is 0 Å². The zero-order valence-corrected chi connectivity index (χ0v) is 14.1. The van der Waals surface area contributed by atoms with Crippen molar-refractivity contribution in [3.63, 3.8) is 0 Å². The largest absolute Gasteiger partial charge is 0.462 e. The first kappa shape index (κ1) is 15.7. The van der Waals surface area contributed by atoms with Gasteiger partial charge < -0.3 is 21.1 Å². The molecule has 6 nitrogen and oxygen atoms in total. The summed E-state index contributed by atoms with van der Waals surface area (Å²) in [6.07, 6.45) is 3.59. The number of amides is 1. The van der Waals surface area contributed by atoms with E-state index in [-0.39, 0.29) is 23.9 Å². The molecule has 6 heteroatoms. The van der Waals surface area contributed by atoms with Gasteiger partial charge in [-0.1, -0.05) is 18.2 Å². The lowest BCUT2D eigenvalue weighted by molar-refractivity contribution is -0.140. The van der Waals surface area contributed by atoms with Gasteiger partial charge in [-0.05, 0) is 44.2 Å². The highest BCUT2D eigenvalue weighted by Gasteiger charge is 2.58. The fourth-order valence-electron chi connectivity index (χ4n) is 4.31. The molecule has 0 radical (unpaired) electrons. The van der Waals surface area contributed by atoms with Crippen LogP contribution in [0.1, 0.15) is 38.2 Å². The Morgan fingerprint density at radius 1 is 1.24 bits per heavy atom. The van der Waals surface area contributed by atoms with Crippen molar-refractivity contribution in [2.75, 3.05) is 11.9 Å². The third-order valence-corrected chi connectivity index (χ3v) is 5.25. The summed E-state index contributed by atoms with van der Waals surface area (Å²) >= 11 is 0. The number of hydrogen-bond acceptors (Lipinski definition) is 5. The average molecular weight is 339 g/mol. The molecular formula is C19H21N3O3. The lowest BCUT2D eigenvalue weighted by atomic mass is 9.64. The van der Waals surface area contributed by atoms with Crippen LogP contribution < -0.4 is 16.4 Å². The van der Waals surface area contributed by atoms with Crippen LogP contribution in [0.15, 0.2) is 46.9 Å². The molecule has 0 saturated carbocycles. The molecule has 4 rings (SSSR count). The van der Waals surface area contributed by atoms with Crippen molar-refractivity contribution in [2.24, 2.45) is 5.73 Å². The van der Waals surface area contributed by atoms with Gasteiger partial charge in [-0.25, -0.2) is 4.79 Å². The molecule has 0 fully saturated rings. The Hall–Kier alpha value is -2.76. The number of nitrogens with two attached hydrogens (primary N) is 1. The van der Waals surface area contributed by atoms with Crippen LogP contribution in [0.2, 0.25) is 0 Å². The van der Waals surface area contributed by atoms with Gasteiger partial charge in [0.05, 0.1) is 6.61 Å². The Kier molecular flexibility index (Phi) is 3.56. The lowest BCUT2D eigenvalue weighted by Gasteiger charge is -2.40. The molecule has 0 bridgehead atoms. The van der Waals surface area contributed by atoms with Crippen LogP contribution in [0.3, 0.4) is 0 Å². The second kappa shape index (κ2) is 5.65. The summed E-state index contributed by atoms with van der Waals surface area (Å²) in [7, 11) is 0. The van der Waals surface area contributed by atoms with Crippen LogP contribution in [0.25, 0.3) is 0 Å². The van der Waals surface area contributed by atoms with Gasteiger partial charge in [-0.2, -0.15) is 0 Å². The summed E-state index contributed by atoms with van der Waals surface area (Å²) in [6.45, 7) is 1.96. The molecule has 1 aromatic rings. The van der Waals surface area contributed by atoms with E-state index in [2.05, 4.69) is 10.6 Å². The first-order valence-electron chi connectivity index (χ1n) is 8.68. The Bertz CT molecular complexity index is 840. The average Bonchev–Trinajstić information content (AvgIpc) is 2.88. The van der Waals surface area contributed by atoms with Crippen molar-refractivity contribution in [3.05, 3.63) is 52.5 Å². The maximum atomic E-state index is 13.3. The third-order valence-electron chi connectivity index (χ3n) is 5.25. The molecule has 1 aromatic carbocycles. The van der Waals surface area contributed by atoms with E-state index in [4.69, 9.17) is 10.5 Å². The number of nitrogens with one attached hydrogen (secondary N) is 2. The minimum absolute atomic E-state index is 0.206. The number of carbonyl (C=O) groups excluding carboxylic acids is 2. The standard InChI is InChI=1S/C19H21N3O3/c1-2-25-17(23)15-16(20)21-13-9-5-3-7-11(13)19(15)12-8-4-6-10-14(12)22-18(19)24/h4,6,8,10,21H,2-3,5,7,9,20H2,1H3,(H,22,24)/t19-/m0/s1. The van der Waals surface area contributed by atoms with E-state index < -0.39 is 11.4 Å². The van der Waals surface area contributed by atoms with Crippen LogP contribution in [0, 0.1) is 0 Å². The van der Waals surface area contributed by atoms with Crippen molar-refractivity contribution < 1.29 is 14.3 Å². The molecule has 4 N–H and O–H groups in total. The zero-order valence-electron chi connectivity index (χ0n) is 14.1. The van der Waals surface area contributed by atoms with Gasteiger partial charge in [-0.3, -0.25) is 4.79 Å². The minimum Gasteiger partial charge on any atom is -0.462 e. The number of fused-ring (bicyclic) bond motifs is 3. The number of allylic oxidation sites excluding steroid dienone is 1. The van der Waals surface area contributed by atoms with E-state index in [0.29, 0.717) is 0 Å². The number of anilines is 1.